The Bertz CT molecular complexity index is 377. The molecule has 0 bridgehead atoms. The summed E-state index contributed by atoms with van der Waals surface area (Å²) in [5, 5.41) is 0. The number of nitrogens with zero attached hydrogens (tertiary/aromatic N) is 1. The van der Waals surface area contributed by atoms with Crippen molar-refractivity contribution in [2.24, 2.45) is 0 Å². The van der Waals surface area contributed by atoms with Gasteiger partial charge < -0.3 is 4.98 Å². The van der Waals surface area contributed by atoms with E-state index < -0.39 is 0 Å². The Kier molecular flexibility index (Phi) is 5.41. The summed E-state index contributed by atoms with van der Waals surface area (Å²) in [5.74, 6) is 0. The van der Waals surface area contributed by atoms with Gasteiger partial charge in [-0.3, -0.25) is 9.36 Å². The molecular formula is C9H14N2NaO2+. The smallest absolute Gasteiger partial charge is 0.311 e. The van der Waals surface area contributed by atoms with E-state index in [1.54, 1.807) is 6.92 Å². The normalized spacial score (nSPS) is 11.9. The van der Waals surface area contributed by atoms with Crippen molar-refractivity contribution in [3.63, 3.8) is 0 Å². The van der Waals surface area contributed by atoms with Crippen molar-refractivity contribution >= 4 is 0 Å². The number of hydrogen-bond donors (Lipinski definition) is 1. The van der Waals surface area contributed by atoms with Crippen LogP contribution in [0.1, 0.15) is 32.0 Å². The van der Waals surface area contributed by atoms with Crippen LogP contribution in [0.15, 0.2) is 15.7 Å². The van der Waals surface area contributed by atoms with Crippen LogP contribution < -0.4 is 40.8 Å². The van der Waals surface area contributed by atoms with Crippen molar-refractivity contribution in [3.8, 4) is 0 Å². The first-order valence-corrected chi connectivity index (χ1v) is 4.38. The largest absolute Gasteiger partial charge is 1.00 e. The van der Waals surface area contributed by atoms with Crippen molar-refractivity contribution in [1.29, 1.82) is 0 Å². The summed E-state index contributed by atoms with van der Waals surface area (Å²) in [7, 11) is 0. The molecule has 1 aromatic rings. The van der Waals surface area contributed by atoms with Crippen LogP contribution in [0.2, 0.25) is 0 Å². The molecule has 0 spiro atoms. The summed E-state index contributed by atoms with van der Waals surface area (Å²) in [6.07, 6.45) is 0.770. The molecule has 0 saturated carbocycles. The summed E-state index contributed by atoms with van der Waals surface area (Å²) in [6.45, 7) is 5.49. The Morgan fingerprint density at radius 3 is 2.50 bits per heavy atom. The summed E-state index contributed by atoms with van der Waals surface area (Å²) in [5.41, 5.74) is 0.0597. The second-order valence-corrected chi connectivity index (χ2v) is 3.22. The molecule has 0 aliphatic carbocycles. The maximum Gasteiger partial charge on any atom is 1.00 e. The summed E-state index contributed by atoms with van der Waals surface area (Å²) >= 11 is 0. The molecule has 0 radical (unpaired) electrons. The minimum absolute atomic E-state index is 0. The summed E-state index contributed by atoms with van der Waals surface area (Å²) in [4.78, 5) is 25.4. The number of aromatic nitrogens is 2. The van der Waals surface area contributed by atoms with E-state index >= 15 is 0 Å². The number of H-pyrrole nitrogens is 1. The van der Waals surface area contributed by atoms with E-state index in [1.807, 2.05) is 13.8 Å². The number of aromatic amines is 1. The van der Waals surface area contributed by atoms with Gasteiger partial charge in [0.05, 0.1) is 0 Å². The average Bonchev–Trinajstić information content (AvgIpc) is 2.02. The maximum absolute atomic E-state index is 11.4. The zero-order chi connectivity index (χ0) is 10.0. The standard InChI is InChI=1S/C9H14N2O2.Na/c1-4-7(3)11-8(12)5-6(2)10-9(11)13;/h5,7H,4H2,1-3H3,(H,10,13);/q;+1. The van der Waals surface area contributed by atoms with E-state index in [0.717, 1.165) is 6.42 Å². The average molecular weight is 205 g/mol. The number of nitrogens with one attached hydrogen (secondary N) is 1. The Hall–Kier alpha value is -0.320. The fraction of sp³-hybridized carbons (Fsp3) is 0.556. The van der Waals surface area contributed by atoms with E-state index in [2.05, 4.69) is 4.98 Å². The first kappa shape index (κ1) is 13.7. The summed E-state index contributed by atoms with van der Waals surface area (Å²) in [6, 6.07) is 1.39. The Balaban J connectivity index is 0.00000169. The molecule has 0 aliphatic heterocycles. The number of rotatable bonds is 2. The molecule has 4 nitrogen and oxygen atoms in total. The van der Waals surface area contributed by atoms with Crippen molar-refractivity contribution < 1.29 is 29.6 Å². The van der Waals surface area contributed by atoms with Gasteiger partial charge in [-0.1, -0.05) is 6.92 Å². The van der Waals surface area contributed by atoms with Gasteiger partial charge in [-0.25, -0.2) is 4.79 Å². The molecule has 0 aliphatic rings. The second-order valence-electron chi connectivity index (χ2n) is 3.22. The van der Waals surface area contributed by atoms with Gasteiger partial charge in [-0.15, -0.1) is 0 Å². The van der Waals surface area contributed by atoms with E-state index in [-0.39, 0.29) is 46.8 Å². The molecular weight excluding hydrogens is 191 g/mol. The molecule has 0 amide bonds. The molecule has 0 saturated heterocycles. The first-order valence-electron chi connectivity index (χ1n) is 4.38. The second kappa shape index (κ2) is 5.53. The number of aryl methyl sites for hydroxylation is 1. The molecule has 14 heavy (non-hydrogen) atoms. The predicted molar refractivity (Wildman–Crippen MR) is 51.1 cm³/mol. The van der Waals surface area contributed by atoms with Gasteiger partial charge in [0.15, 0.2) is 0 Å². The minimum atomic E-state index is -0.320. The van der Waals surface area contributed by atoms with E-state index in [1.165, 1.54) is 10.6 Å². The zero-order valence-electron chi connectivity index (χ0n) is 9.13. The van der Waals surface area contributed by atoms with E-state index in [4.69, 9.17) is 0 Å². The Morgan fingerprint density at radius 2 is 2.07 bits per heavy atom. The van der Waals surface area contributed by atoms with Crippen molar-refractivity contribution in [1.82, 2.24) is 9.55 Å². The third-order valence-electron chi connectivity index (χ3n) is 2.13. The first-order chi connectivity index (χ1) is 6.06. The fourth-order valence-electron chi connectivity index (χ4n) is 1.22. The quantitative estimate of drug-likeness (QED) is 0.558. The van der Waals surface area contributed by atoms with Crippen LogP contribution in [0.3, 0.4) is 0 Å². The van der Waals surface area contributed by atoms with Gasteiger partial charge in [0.25, 0.3) is 5.56 Å². The topological polar surface area (TPSA) is 54.9 Å². The molecule has 72 valence electrons. The van der Waals surface area contributed by atoms with E-state index in [9.17, 15) is 9.59 Å². The van der Waals surface area contributed by atoms with Crippen LogP contribution in [0.25, 0.3) is 0 Å². The van der Waals surface area contributed by atoms with Crippen LogP contribution in [0.5, 0.6) is 0 Å². The third-order valence-corrected chi connectivity index (χ3v) is 2.13. The molecule has 1 rings (SSSR count). The monoisotopic (exact) mass is 205 g/mol. The van der Waals surface area contributed by atoms with Gasteiger partial charge >= 0.3 is 35.2 Å². The zero-order valence-corrected chi connectivity index (χ0v) is 11.1. The van der Waals surface area contributed by atoms with Crippen LogP contribution in [-0.2, 0) is 0 Å². The van der Waals surface area contributed by atoms with Gasteiger partial charge in [0.1, 0.15) is 0 Å². The van der Waals surface area contributed by atoms with Crippen LogP contribution in [0, 0.1) is 6.92 Å². The molecule has 1 aromatic heterocycles. The molecule has 0 aromatic carbocycles. The predicted octanol–water partition coefficient (Wildman–Crippen LogP) is -2.18. The van der Waals surface area contributed by atoms with Gasteiger partial charge in [0.2, 0.25) is 0 Å². The summed E-state index contributed by atoms with van der Waals surface area (Å²) < 4.78 is 1.24. The molecule has 1 atom stereocenters. The van der Waals surface area contributed by atoms with Crippen molar-refractivity contribution in [3.05, 3.63) is 32.6 Å². The van der Waals surface area contributed by atoms with Gasteiger partial charge in [0, 0.05) is 17.8 Å². The fourth-order valence-corrected chi connectivity index (χ4v) is 1.22. The van der Waals surface area contributed by atoms with Gasteiger partial charge in [-0.05, 0) is 20.3 Å². The molecule has 0 fully saturated rings. The Labute approximate surface area is 105 Å². The molecule has 5 heteroatoms. The molecule has 1 unspecified atom stereocenters. The van der Waals surface area contributed by atoms with Crippen LogP contribution >= 0.6 is 0 Å². The third kappa shape index (κ3) is 2.83. The SMILES string of the molecule is CCC(C)n1c(=O)cc(C)[nH]c1=O.[Na+]. The van der Waals surface area contributed by atoms with Crippen LogP contribution in [0.4, 0.5) is 0 Å². The van der Waals surface area contributed by atoms with E-state index in [0.29, 0.717) is 5.69 Å². The molecule has 1 N–H and O–H groups in total. The Morgan fingerprint density at radius 1 is 1.50 bits per heavy atom. The number of hydrogen-bond acceptors (Lipinski definition) is 2. The molecule has 1 heterocycles. The van der Waals surface area contributed by atoms with Crippen LogP contribution in [-0.4, -0.2) is 9.55 Å². The van der Waals surface area contributed by atoms with Crippen molar-refractivity contribution in [2.75, 3.05) is 0 Å². The van der Waals surface area contributed by atoms with Gasteiger partial charge in [-0.2, -0.15) is 0 Å². The van der Waals surface area contributed by atoms with Crippen molar-refractivity contribution in [2.45, 2.75) is 33.2 Å². The maximum atomic E-state index is 11.4. The minimum Gasteiger partial charge on any atom is -0.311 e.